The van der Waals surface area contributed by atoms with Crippen molar-refractivity contribution in [2.24, 2.45) is 18.4 Å². The zero-order valence-electron chi connectivity index (χ0n) is 37.3. The Balaban J connectivity index is 0.826. The van der Waals surface area contributed by atoms with Gasteiger partial charge in [0.05, 0.1) is 22.1 Å². The molecule has 65 heavy (non-hydrogen) atoms. The predicted octanol–water partition coefficient (Wildman–Crippen LogP) is 7.60. The number of amides is 4. The van der Waals surface area contributed by atoms with Crippen LogP contribution in [-0.2, 0) is 31.6 Å². The first-order valence-electron chi connectivity index (χ1n) is 23.5. The summed E-state index contributed by atoms with van der Waals surface area (Å²) >= 11 is 13.0. The molecule has 4 amide bonds. The Bertz CT molecular complexity index is 2650. The summed E-state index contributed by atoms with van der Waals surface area (Å²) in [7, 11) is 1.76. The second kappa shape index (κ2) is 16.6. The molecule has 2 aliphatic carbocycles. The minimum absolute atomic E-state index is 0.0434. The monoisotopic (exact) mass is 925 g/mol. The van der Waals surface area contributed by atoms with Gasteiger partial charge in [0.2, 0.25) is 23.6 Å². The fraction of sp³-hybridized carbons (Fsp3) is 0.540. The lowest BCUT2D eigenvalue weighted by Crippen LogP contribution is -2.61. The number of aromatic nitrogens is 2. The summed E-state index contributed by atoms with van der Waals surface area (Å²) in [5.74, 6) is -1.98. The SMILES string of the molecule is Cn1c(=O)n(C2CCC(=O)NC2=O)c2cccc(C3CCN(CC4CCC(NC(=O)[C@@H]5NC6(CCC(C)(C)CC6)[C@@]6(C(=O)Nc7cc(Cl)ccc76)[C@H]5c5cccc(Cl)c5F)CC4)CC3)c21. The lowest BCUT2D eigenvalue weighted by molar-refractivity contribution is -0.136. The second-order valence-electron chi connectivity index (χ2n) is 20.6. The third kappa shape index (κ3) is 7.34. The smallest absolute Gasteiger partial charge is 0.329 e. The Morgan fingerprint density at radius 2 is 1.57 bits per heavy atom. The number of rotatable bonds is 7. The van der Waals surface area contributed by atoms with Gasteiger partial charge in [-0.15, -0.1) is 0 Å². The number of anilines is 1. The van der Waals surface area contributed by atoms with Gasteiger partial charge in [-0.2, -0.15) is 0 Å². The van der Waals surface area contributed by atoms with Crippen molar-refractivity contribution in [3.05, 3.63) is 97.6 Å². The quantitative estimate of drug-likeness (QED) is 0.140. The van der Waals surface area contributed by atoms with E-state index in [1.54, 1.807) is 40.4 Å². The Morgan fingerprint density at radius 3 is 2.29 bits per heavy atom. The van der Waals surface area contributed by atoms with Crippen LogP contribution >= 0.6 is 23.2 Å². The highest BCUT2D eigenvalue weighted by molar-refractivity contribution is 6.31. The number of nitrogens with one attached hydrogen (secondary N) is 4. The summed E-state index contributed by atoms with van der Waals surface area (Å²) in [4.78, 5) is 70.5. The van der Waals surface area contributed by atoms with Crippen LogP contribution in [0.4, 0.5) is 10.1 Å². The third-order valence-electron chi connectivity index (χ3n) is 16.4. The minimum Gasteiger partial charge on any atom is -0.352 e. The Kier molecular flexibility index (Phi) is 11.3. The van der Waals surface area contributed by atoms with Crippen LogP contribution in [0.1, 0.15) is 125 Å². The molecule has 6 aliphatic rings. The van der Waals surface area contributed by atoms with Gasteiger partial charge in [-0.3, -0.25) is 38.9 Å². The first-order valence-corrected chi connectivity index (χ1v) is 24.3. The Morgan fingerprint density at radius 1 is 0.862 bits per heavy atom. The number of piperidine rings is 2. The second-order valence-corrected chi connectivity index (χ2v) is 21.5. The fourth-order valence-corrected chi connectivity index (χ4v) is 13.4. The third-order valence-corrected chi connectivity index (χ3v) is 17.0. The van der Waals surface area contributed by atoms with Crippen molar-refractivity contribution in [1.29, 1.82) is 0 Å². The summed E-state index contributed by atoms with van der Waals surface area (Å²) in [5, 5.41) is 13.1. The van der Waals surface area contributed by atoms with Gasteiger partial charge < -0.3 is 15.5 Å². The first kappa shape index (κ1) is 44.3. The van der Waals surface area contributed by atoms with Gasteiger partial charge in [0.1, 0.15) is 17.3 Å². The largest absolute Gasteiger partial charge is 0.352 e. The van der Waals surface area contributed by atoms with Gasteiger partial charge in [-0.1, -0.05) is 67.4 Å². The van der Waals surface area contributed by atoms with Crippen LogP contribution in [0.3, 0.4) is 0 Å². The van der Waals surface area contributed by atoms with Crippen molar-refractivity contribution >= 4 is 63.6 Å². The molecule has 344 valence electrons. The van der Waals surface area contributed by atoms with Crippen LogP contribution in [0.25, 0.3) is 11.0 Å². The molecule has 4 aliphatic heterocycles. The van der Waals surface area contributed by atoms with E-state index < -0.39 is 40.7 Å². The lowest BCUT2D eigenvalue weighted by atomic mass is 9.53. The molecule has 2 saturated carbocycles. The van der Waals surface area contributed by atoms with Gasteiger partial charge in [0.25, 0.3) is 0 Å². The van der Waals surface area contributed by atoms with Crippen molar-refractivity contribution in [2.45, 2.75) is 132 Å². The highest BCUT2D eigenvalue weighted by atomic mass is 35.5. The fourth-order valence-electron chi connectivity index (χ4n) is 13.0. The number of para-hydroxylation sites is 1. The number of likely N-dealkylation sites (tertiary alicyclic amines) is 1. The van der Waals surface area contributed by atoms with Crippen LogP contribution in [0, 0.1) is 17.2 Å². The molecule has 1 unspecified atom stereocenters. The van der Waals surface area contributed by atoms with E-state index in [-0.39, 0.29) is 57.8 Å². The van der Waals surface area contributed by atoms with Crippen LogP contribution < -0.4 is 27.0 Å². The van der Waals surface area contributed by atoms with Gasteiger partial charge in [-0.25, -0.2) is 9.18 Å². The molecule has 2 spiro atoms. The Labute approximate surface area is 388 Å². The number of imide groups is 1. The predicted molar refractivity (Wildman–Crippen MR) is 249 cm³/mol. The maximum absolute atomic E-state index is 16.5. The zero-order valence-corrected chi connectivity index (χ0v) is 38.8. The minimum atomic E-state index is -1.30. The van der Waals surface area contributed by atoms with Crippen LogP contribution in [0.15, 0.2) is 59.4 Å². The maximum Gasteiger partial charge on any atom is 0.329 e. The van der Waals surface area contributed by atoms with Crippen molar-refractivity contribution in [3.8, 4) is 0 Å². The first-order chi connectivity index (χ1) is 31.1. The molecule has 0 radical (unpaired) electrons. The molecular formula is C50H58Cl2FN7O5. The number of fused-ring (bicyclic) bond motifs is 4. The lowest BCUT2D eigenvalue weighted by Gasteiger charge is -2.50. The topological polar surface area (TPSA) is 147 Å². The molecule has 0 bridgehead atoms. The van der Waals surface area contributed by atoms with E-state index in [0.29, 0.717) is 35.9 Å². The van der Waals surface area contributed by atoms with E-state index >= 15 is 4.39 Å². The molecule has 10 rings (SSSR count). The molecule has 5 heterocycles. The van der Waals surface area contributed by atoms with Crippen LogP contribution in [-0.4, -0.2) is 74.9 Å². The molecule has 4 aromatic rings. The number of benzene rings is 3. The summed E-state index contributed by atoms with van der Waals surface area (Å²) in [6, 6.07) is 14.6. The summed E-state index contributed by atoms with van der Waals surface area (Å²) in [6.45, 7) is 7.30. The van der Waals surface area contributed by atoms with Crippen LogP contribution in [0.2, 0.25) is 10.0 Å². The number of carbonyl (C=O) groups excluding carboxylic acids is 4. The Hall–Kier alpha value is -4.56. The molecule has 1 aromatic heterocycles. The summed E-state index contributed by atoms with van der Waals surface area (Å²) < 4.78 is 19.7. The number of halogens is 3. The molecule has 3 saturated heterocycles. The van der Waals surface area contributed by atoms with Crippen LogP contribution in [0.5, 0.6) is 0 Å². The maximum atomic E-state index is 16.5. The summed E-state index contributed by atoms with van der Waals surface area (Å²) in [6.07, 6.45) is 8.89. The molecule has 12 nitrogen and oxygen atoms in total. The highest BCUT2D eigenvalue weighted by Gasteiger charge is 2.73. The van der Waals surface area contributed by atoms with E-state index in [4.69, 9.17) is 23.2 Å². The van der Waals surface area contributed by atoms with E-state index in [0.717, 1.165) is 93.2 Å². The number of carbonyl (C=O) groups is 4. The normalized spacial score (nSPS) is 29.0. The molecule has 4 atom stereocenters. The van der Waals surface area contributed by atoms with Gasteiger partial charge >= 0.3 is 5.69 Å². The van der Waals surface area contributed by atoms with Gasteiger partial charge in [-0.05, 0) is 142 Å². The molecule has 3 aromatic carbocycles. The van der Waals surface area contributed by atoms with Crippen molar-refractivity contribution < 1.29 is 23.6 Å². The number of imidazole rings is 1. The van der Waals surface area contributed by atoms with Crippen molar-refractivity contribution in [3.63, 3.8) is 0 Å². The van der Waals surface area contributed by atoms with E-state index in [1.165, 1.54) is 6.07 Å². The average Bonchev–Trinajstić information content (AvgIpc) is 3.84. The van der Waals surface area contributed by atoms with Gasteiger partial charge in [0.15, 0.2) is 0 Å². The molecule has 5 fully saturated rings. The summed E-state index contributed by atoms with van der Waals surface area (Å²) in [5.41, 5.74) is 1.94. The molecule has 15 heteroatoms. The standard InChI is InChI=1S/C50H58Cl2FN7O5/c1-48(2)20-22-49(23-21-48)50(34-15-12-30(51)26-36(34)55-46(50)64)40(33-7-4-8-35(52)41(33)53)42(57-49)45(63)54-31-13-10-28(11-14-31)27-59-24-18-29(19-25-59)32-6-5-9-37-43(32)58(3)47(65)60(37)38-16-17-39(61)56-44(38)62/h4-9,12,15,26,28-29,31,38,40,42,57H,10-11,13-14,16-25,27H2,1-3H3,(H,54,63)(H,55,64)(H,56,61,62)/t28?,31?,38?,40-,42+,50+/m0/s1. The molecular weight excluding hydrogens is 868 g/mol. The van der Waals surface area contributed by atoms with Gasteiger partial charge in [0, 0.05) is 48.2 Å². The van der Waals surface area contributed by atoms with Crippen molar-refractivity contribution in [1.82, 2.24) is 30.0 Å². The van der Waals surface area contributed by atoms with E-state index in [9.17, 15) is 24.0 Å². The number of hydrogen-bond acceptors (Lipinski definition) is 7. The number of aryl methyl sites for hydroxylation is 1. The van der Waals surface area contributed by atoms with Crippen molar-refractivity contribution in [2.75, 3.05) is 25.0 Å². The average molecular weight is 927 g/mol. The highest BCUT2D eigenvalue weighted by Crippen LogP contribution is 2.64. The zero-order chi connectivity index (χ0) is 45.6. The van der Waals surface area contributed by atoms with E-state index in [1.807, 2.05) is 18.2 Å². The van der Waals surface area contributed by atoms with E-state index in [2.05, 4.69) is 46.1 Å². The number of nitrogens with zero attached hydrogens (tertiary/aromatic N) is 3. The molecule has 4 N–H and O–H groups in total. The number of hydrogen-bond donors (Lipinski definition) is 4.